The standard InChI is InChI=1S/C47H75N13O11/c1-5-27(4)39(44(68)58-35(46(70)71)22-26(2)3)59-42(66)34(23-28-24-53-31-13-7-6-12-29(28)31)57-43(67)36-16-11-21-60(36)45(69)33(15-10-20-52-47(50)51)56-41(65)32(14-8-9-19-48)55-37(61)25-54-40(64)30(49)17-18-38(62)63/h6-7,12-13,24,26-27,30,32-36,39,53H,5,8-11,14-23,25,48-49H2,1-4H3,(H,54,64)(H,55,61)(H,56,65)(H,57,67)(H,58,68)(H,59,66)(H,62,63)(H,70,71)(H4,50,51,52). The van der Waals surface area contributed by atoms with E-state index in [0.717, 1.165) is 10.9 Å². The molecule has 7 amide bonds. The Hall–Kier alpha value is -6.82. The molecule has 1 aliphatic rings. The van der Waals surface area contributed by atoms with Gasteiger partial charge in [0.25, 0.3) is 0 Å². The third kappa shape index (κ3) is 19.1. The summed E-state index contributed by atoms with van der Waals surface area (Å²) in [6.45, 7) is 7.12. The van der Waals surface area contributed by atoms with Crippen molar-refractivity contribution in [1.29, 1.82) is 0 Å². The summed E-state index contributed by atoms with van der Waals surface area (Å²) < 4.78 is 0. The Kier molecular flexibility index (Phi) is 24.2. The number of nitrogens with zero attached hydrogens (tertiary/aromatic N) is 2. The van der Waals surface area contributed by atoms with Gasteiger partial charge in [0.1, 0.15) is 36.3 Å². The molecule has 17 N–H and O–H groups in total. The number of rotatable bonds is 31. The van der Waals surface area contributed by atoms with Gasteiger partial charge in [-0.25, -0.2) is 4.79 Å². The predicted octanol–water partition coefficient (Wildman–Crippen LogP) is -1.21. The minimum Gasteiger partial charge on any atom is -0.481 e. The van der Waals surface area contributed by atoms with Gasteiger partial charge in [-0.2, -0.15) is 0 Å². The molecule has 394 valence electrons. The maximum Gasteiger partial charge on any atom is 0.326 e. The van der Waals surface area contributed by atoms with E-state index in [-0.39, 0.29) is 76.3 Å². The normalized spacial score (nSPS) is 16.3. The van der Waals surface area contributed by atoms with Crippen LogP contribution in [0, 0.1) is 11.8 Å². The number of carboxylic acids is 2. The number of carboxylic acid groups (broad SMARTS) is 2. The molecule has 24 nitrogen and oxygen atoms in total. The number of aliphatic imine (C=N–C) groups is 1. The number of carbonyl (C=O) groups excluding carboxylic acids is 7. The minimum atomic E-state index is -1.29. The quantitative estimate of drug-likeness (QED) is 0.0240. The van der Waals surface area contributed by atoms with E-state index in [4.69, 9.17) is 28.0 Å². The van der Waals surface area contributed by atoms with Crippen molar-refractivity contribution < 1.29 is 53.4 Å². The number of amides is 7. The number of hydrogen-bond acceptors (Lipinski definition) is 12. The SMILES string of the molecule is CCC(C)C(NC(=O)C(Cc1c[nH]c2ccccc12)NC(=O)C1CCCN1C(=O)C(CCCN=C(N)N)NC(=O)C(CCCCN)NC(=O)CNC(=O)C(N)CCC(=O)O)C(=O)NC(CC(C)C)C(=O)O. The van der Waals surface area contributed by atoms with E-state index in [1.165, 1.54) is 4.90 Å². The minimum absolute atomic E-state index is 0.00448. The van der Waals surface area contributed by atoms with Crippen LogP contribution in [0.2, 0.25) is 0 Å². The highest BCUT2D eigenvalue weighted by atomic mass is 16.4. The number of aliphatic carboxylic acids is 2. The van der Waals surface area contributed by atoms with Crippen molar-refractivity contribution in [1.82, 2.24) is 41.8 Å². The zero-order valence-electron chi connectivity index (χ0n) is 41.2. The van der Waals surface area contributed by atoms with E-state index in [1.807, 2.05) is 45.0 Å². The molecule has 8 atom stereocenters. The summed E-state index contributed by atoms with van der Waals surface area (Å²) in [6.07, 6.45) is 3.53. The lowest BCUT2D eigenvalue weighted by atomic mass is 9.96. The zero-order chi connectivity index (χ0) is 52.8. The number of nitrogens with two attached hydrogens (primary N) is 4. The lowest BCUT2D eigenvalue weighted by Crippen LogP contribution is -2.60. The van der Waals surface area contributed by atoms with Crippen molar-refractivity contribution in [2.24, 2.45) is 39.8 Å². The fourth-order valence-corrected chi connectivity index (χ4v) is 8.16. The number of hydrogen-bond donors (Lipinski definition) is 13. The maximum atomic E-state index is 14.6. The fraction of sp³-hybridized carbons (Fsp3) is 0.617. The van der Waals surface area contributed by atoms with E-state index in [0.29, 0.717) is 37.8 Å². The number of aromatic nitrogens is 1. The number of aromatic amines is 1. The number of para-hydroxylation sites is 1. The number of unbranched alkanes of at least 4 members (excludes halogenated alkanes) is 1. The second-order valence-electron chi connectivity index (χ2n) is 18.4. The van der Waals surface area contributed by atoms with E-state index in [2.05, 4.69) is 41.9 Å². The third-order valence-electron chi connectivity index (χ3n) is 12.3. The van der Waals surface area contributed by atoms with Gasteiger partial charge in [-0.05, 0) is 87.8 Å². The number of guanidine groups is 1. The van der Waals surface area contributed by atoms with E-state index < -0.39 is 108 Å². The molecular weight excluding hydrogens is 923 g/mol. The first kappa shape index (κ1) is 58.5. The van der Waals surface area contributed by atoms with Crippen molar-refractivity contribution in [2.45, 2.75) is 147 Å². The number of fused-ring (bicyclic) bond motifs is 1. The summed E-state index contributed by atoms with van der Waals surface area (Å²) >= 11 is 0. The van der Waals surface area contributed by atoms with Gasteiger partial charge < -0.3 is 74.9 Å². The smallest absolute Gasteiger partial charge is 0.326 e. The second kappa shape index (κ2) is 29.4. The third-order valence-corrected chi connectivity index (χ3v) is 12.3. The monoisotopic (exact) mass is 998 g/mol. The Morgan fingerprint density at radius 2 is 1.49 bits per heavy atom. The molecule has 24 heteroatoms. The fourth-order valence-electron chi connectivity index (χ4n) is 8.16. The molecule has 0 spiro atoms. The predicted molar refractivity (Wildman–Crippen MR) is 264 cm³/mol. The Morgan fingerprint density at radius 3 is 2.14 bits per heavy atom. The van der Waals surface area contributed by atoms with E-state index >= 15 is 0 Å². The number of likely N-dealkylation sites (tertiary alicyclic amines) is 1. The van der Waals surface area contributed by atoms with Gasteiger partial charge in [-0.15, -0.1) is 0 Å². The summed E-state index contributed by atoms with van der Waals surface area (Å²) in [4.78, 5) is 128. The van der Waals surface area contributed by atoms with Gasteiger partial charge in [0.05, 0.1) is 12.6 Å². The average molecular weight is 998 g/mol. The van der Waals surface area contributed by atoms with Crippen LogP contribution in [0.3, 0.4) is 0 Å². The van der Waals surface area contributed by atoms with Crippen LogP contribution in [0.15, 0.2) is 35.5 Å². The summed E-state index contributed by atoms with van der Waals surface area (Å²) in [5.41, 5.74) is 24.0. The molecule has 0 bridgehead atoms. The van der Waals surface area contributed by atoms with E-state index in [1.54, 1.807) is 13.1 Å². The van der Waals surface area contributed by atoms with Crippen molar-refractivity contribution in [3.63, 3.8) is 0 Å². The highest BCUT2D eigenvalue weighted by Gasteiger charge is 2.40. The first-order valence-electron chi connectivity index (χ1n) is 24.3. The molecule has 1 fully saturated rings. The lowest BCUT2D eigenvalue weighted by Gasteiger charge is -2.31. The molecule has 2 heterocycles. The molecule has 1 aromatic carbocycles. The van der Waals surface area contributed by atoms with Gasteiger partial charge in [0, 0.05) is 43.0 Å². The summed E-state index contributed by atoms with van der Waals surface area (Å²) in [5, 5.41) is 35.4. The van der Waals surface area contributed by atoms with Crippen LogP contribution in [0.4, 0.5) is 0 Å². The molecule has 71 heavy (non-hydrogen) atoms. The van der Waals surface area contributed by atoms with E-state index in [9.17, 15) is 48.3 Å². The highest BCUT2D eigenvalue weighted by molar-refractivity contribution is 5.98. The molecule has 0 saturated carbocycles. The average Bonchev–Trinajstić information content (AvgIpc) is 3.99. The molecule has 2 aromatic rings. The Balaban J connectivity index is 1.91. The molecule has 3 rings (SSSR count). The van der Waals surface area contributed by atoms with Crippen molar-refractivity contribution in [3.8, 4) is 0 Å². The molecule has 1 saturated heterocycles. The van der Waals surface area contributed by atoms with Crippen LogP contribution in [-0.2, 0) is 49.6 Å². The number of H-pyrrole nitrogens is 1. The second-order valence-corrected chi connectivity index (χ2v) is 18.4. The van der Waals surface area contributed by atoms with Crippen LogP contribution in [0.1, 0.15) is 104 Å². The maximum absolute atomic E-state index is 14.6. The highest BCUT2D eigenvalue weighted by Crippen LogP contribution is 2.23. The Bertz CT molecular complexity index is 2180. The summed E-state index contributed by atoms with van der Waals surface area (Å²) in [6, 6.07) is -1.06. The van der Waals surface area contributed by atoms with Gasteiger partial charge in [0.15, 0.2) is 5.96 Å². The number of nitrogens with one attached hydrogen (secondary N) is 7. The molecule has 0 radical (unpaired) electrons. The van der Waals surface area contributed by atoms with Crippen LogP contribution in [-0.4, -0.2) is 148 Å². The largest absolute Gasteiger partial charge is 0.481 e. The first-order chi connectivity index (χ1) is 33.7. The van der Waals surface area contributed by atoms with Crippen LogP contribution in [0.25, 0.3) is 10.9 Å². The topological polar surface area (TPSA) is 402 Å². The van der Waals surface area contributed by atoms with Crippen molar-refractivity contribution in [2.75, 3.05) is 26.2 Å². The molecule has 1 aromatic heterocycles. The number of carbonyl (C=O) groups is 9. The van der Waals surface area contributed by atoms with Crippen molar-refractivity contribution in [3.05, 3.63) is 36.0 Å². The first-order valence-corrected chi connectivity index (χ1v) is 24.3. The Labute approximate surface area is 413 Å². The molecule has 1 aliphatic heterocycles. The van der Waals surface area contributed by atoms with Gasteiger partial charge in [-0.1, -0.05) is 52.3 Å². The molecule has 0 aliphatic carbocycles. The van der Waals surface area contributed by atoms with Gasteiger partial charge >= 0.3 is 11.9 Å². The van der Waals surface area contributed by atoms with Crippen LogP contribution >= 0.6 is 0 Å². The number of benzene rings is 1. The van der Waals surface area contributed by atoms with Crippen LogP contribution < -0.4 is 54.8 Å². The van der Waals surface area contributed by atoms with Gasteiger partial charge in [0.2, 0.25) is 41.4 Å². The Morgan fingerprint density at radius 1 is 0.817 bits per heavy atom. The van der Waals surface area contributed by atoms with Gasteiger partial charge in [-0.3, -0.25) is 43.3 Å². The molecule has 8 unspecified atom stereocenters. The lowest BCUT2D eigenvalue weighted by molar-refractivity contribution is -0.143. The summed E-state index contributed by atoms with van der Waals surface area (Å²) in [7, 11) is 0. The van der Waals surface area contributed by atoms with Crippen molar-refractivity contribution >= 4 is 70.2 Å². The molecular formula is C47H75N13O11. The zero-order valence-corrected chi connectivity index (χ0v) is 41.2. The summed E-state index contributed by atoms with van der Waals surface area (Å²) in [5.74, 6) is -8.05. The van der Waals surface area contributed by atoms with Crippen LogP contribution in [0.5, 0.6) is 0 Å².